The van der Waals surface area contributed by atoms with E-state index >= 15 is 0 Å². The van der Waals surface area contributed by atoms with Crippen molar-refractivity contribution in [2.45, 2.75) is 0 Å². The minimum absolute atomic E-state index is 0. The smallest absolute Gasteiger partial charge is 0.265 e. The van der Waals surface area contributed by atoms with E-state index in [1.165, 1.54) is 0 Å². The molecular weight excluding hydrogens is 249 g/mol. The molecule has 0 saturated heterocycles. The Morgan fingerprint density at radius 2 is 1.80 bits per heavy atom. The van der Waals surface area contributed by atoms with Gasteiger partial charge in [0.25, 0.3) is 5.09 Å². The van der Waals surface area contributed by atoms with E-state index in [9.17, 15) is 0 Å². The van der Waals surface area contributed by atoms with Crippen molar-refractivity contribution in [3.05, 3.63) is 10.1 Å². The SMILES string of the molecule is O=[C-]O.O=[C-]O[N+](=O)[O-].[In]. The number of rotatable bonds is 2. The largest absolute Gasteiger partial charge is 0.665 e. The van der Waals surface area contributed by atoms with Crippen LogP contribution in [0.3, 0.4) is 0 Å². The van der Waals surface area contributed by atoms with Gasteiger partial charge in [0.1, 0.15) is 0 Å². The predicted octanol–water partition coefficient (Wildman–Crippen LogP) is -1.51. The minimum Gasteiger partial charge on any atom is -0.665 e. The van der Waals surface area contributed by atoms with Crippen molar-refractivity contribution in [3.8, 4) is 0 Å². The topological polar surface area (TPSA) is 107 Å². The van der Waals surface area contributed by atoms with E-state index < -0.39 is 5.09 Å². The van der Waals surface area contributed by atoms with Crippen LogP contribution in [-0.2, 0) is 14.4 Å². The maximum atomic E-state index is 8.92. The molecule has 0 amide bonds. The molecule has 0 unspecified atom stereocenters. The van der Waals surface area contributed by atoms with Gasteiger partial charge in [0.15, 0.2) is 0 Å². The fraction of sp³-hybridized carbons (Fsp3) is 0. The van der Waals surface area contributed by atoms with Gasteiger partial charge in [0.05, 0.1) is 0 Å². The van der Waals surface area contributed by atoms with Gasteiger partial charge in [0.2, 0.25) is 0 Å². The van der Waals surface area contributed by atoms with Gasteiger partial charge in [-0.15, -0.1) is 10.1 Å². The van der Waals surface area contributed by atoms with E-state index in [-0.39, 0.29) is 25.8 Å². The Balaban J connectivity index is -0.000000107. The van der Waals surface area contributed by atoms with Gasteiger partial charge in [-0.05, 0) is 0 Å². The van der Waals surface area contributed by atoms with Gasteiger partial charge >= 0.3 is 0 Å². The van der Waals surface area contributed by atoms with E-state index in [4.69, 9.17) is 24.8 Å². The van der Waals surface area contributed by atoms with Gasteiger partial charge in [-0.3, -0.25) is 0 Å². The fourth-order valence-electron chi connectivity index (χ4n) is 0.0304. The third-order valence-corrected chi connectivity index (χ3v) is 0.112. The van der Waals surface area contributed by atoms with Crippen LogP contribution in [0.5, 0.6) is 0 Å². The van der Waals surface area contributed by atoms with Crippen molar-refractivity contribution < 1.29 is 24.6 Å². The Hall–Kier alpha value is -0.790. The van der Waals surface area contributed by atoms with Crippen LogP contribution in [0.4, 0.5) is 0 Å². The molecule has 8 heteroatoms. The van der Waals surface area contributed by atoms with Gasteiger partial charge in [-0.2, -0.15) is 0 Å². The van der Waals surface area contributed by atoms with Crippen LogP contribution in [0.1, 0.15) is 0 Å². The molecule has 7 nitrogen and oxygen atoms in total. The first kappa shape index (κ1) is 16.1. The fourth-order valence-corrected chi connectivity index (χ4v) is 0.0304. The molecule has 0 aromatic carbocycles. The average molecular weight is 250 g/mol. The molecule has 0 aromatic rings. The van der Waals surface area contributed by atoms with E-state index in [1.807, 2.05) is 0 Å². The zero-order chi connectivity index (χ0) is 7.70. The number of nitrogens with zero attached hydrogens (tertiary/aromatic N) is 1. The summed E-state index contributed by atoms with van der Waals surface area (Å²) in [5.41, 5.74) is 0. The summed E-state index contributed by atoms with van der Waals surface area (Å²) in [6, 6.07) is 0. The van der Waals surface area contributed by atoms with Crippen LogP contribution in [0, 0.1) is 10.1 Å². The summed E-state index contributed by atoms with van der Waals surface area (Å²) in [5.74, 6) is 0. The zero-order valence-corrected chi connectivity index (χ0v) is 7.81. The summed E-state index contributed by atoms with van der Waals surface area (Å²) in [5, 5.41) is 14.4. The third-order valence-electron chi connectivity index (χ3n) is 0.112. The Kier molecular flexibility index (Phi) is 25.3. The van der Waals surface area contributed by atoms with Crippen LogP contribution in [0.15, 0.2) is 0 Å². The summed E-state index contributed by atoms with van der Waals surface area (Å²) in [6.45, 7) is 1.12. The van der Waals surface area contributed by atoms with Gasteiger partial charge < -0.3 is 19.5 Å². The number of carbonyl (C=O) groups excluding carboxylic acids is 1. The molecule has 10 heavy (non-hydrogen) atoms. The molecule has 0 aromatic heterocycles. The summed E-state index contributed by atoms with van der Waals surface area (Å²) >= 11 is 0. The van der Waals surface area contributed by atoms with Gasteiger partial charge in [-0.1, -0.05) is 12.9 Å². The first-order chi connectivity index (χ1) is 4.18. The van der Waals surface area contributed by atoms with E-state index in [0.717, 1.165) is 0 Å². The predicted molar refractivity (Wildman–Crippen MR) is 27.8 cm³/mol. The molecule has 0 fully saturated rings. The summed E-state index contributed by atoms with van der Waals surface area (Å²) < 4.78 is 0. The Labute approximate surface area is 73.9 Å². The van der Waals surface area contributed by atoms with Crippen molar-refractivity contribution in [2.24, 2.45) is 0 Å². The maximum Gasteiger partial charge on any atom is 0.265 e. The van der Waals surface area contributed by atoms with Crippen LogP contribution in [0.2, 0.25) is 0 Å². The number of aliphatic hydroxyl groups excluding tert-OH is 1. The average Bonchev–Trinajstić information content (AvgIpc) is 1.67. The summed E-state index contributed by atoms with van der Waals surface area (Å²) in [6.07, 6.45) is 0. The third kappa shape index (κ3) is 56.9. The Morgan fingerprint density at radius 1 is 1.50 bits per heavy atom. The molecule has 0 heterocycles. The van der Waals surface area contributed by atoms with Crippen molar-refractivity contribution >= 4 is 38.8 Å². The second kappa shape index (κ2) is 15.7. The monoisotopic (exact) mass is 250 g/mol. The molecular formula is C2HInNO6-2. The van der Waals surface area contributed by atoms with Crippen LogP contribution < -0.4 is 0 Å². The molecule has 0 aliphatic carbocycles. The molecule has 0 aliphatic heterocycles. The Morgan fingerprint density at radius 3 is 1.80 bits per heavy atom. The van der Waals surface area contributed by atoms with Crippen LogP contribution in [-0.4, -0.2) is 49.0 Å². The van der Waals surface area contributed by atoms with Crippen LogP contribution in [0.25, 0.3) is 0 Å². The minimum atomic E-state index is -1.24. The van der Waals surface area contributed by atoms with Crippen molar-refractivity contribution in [1.82, 2.24) is 0 Å². The van der Waals surface area contributed by atoms with Crippen molar-refractivity contribution in [1.29, 1.82) is 0 Å². The molecule has 1 N–H and O–H groups in total. The molecule has 3 radical (unpaired) electrons. The normalized spacial score (nSPS) is 5.20. The second-order valence-corrected chi connectivity index (χ2v) is 0.490. The molecule has 0 saturated carbocycles. The van der Waals surface area contributed by atoms with E-state index in [0.29, 0.717) is 12.9 Å². The quantitative estimate of drug-likeness (QED) is 0.362. The maximum absolute atomic E-state index is 8.92. The van der Waals surface area contributed by atoms with Crippen molar-refractivity contribution in [3.63, 3.8) is 0 Å². The Bertz CT molecular complexity index is 104. The zero-order valence-electron chi connectivity index (χ0n) is 4.51. The standard InChI is InChI=1S/CNO4.CHO2.In/c3-1-6-2(4)5;2-1-3;/h;(H,2,3);/q2*-1;. The molecule has 0 atom stereocenters. The van der Waals surface area contributed by atoms with Gasteiger partial charge in [-0.25, -0.2) is 0 Å². The first-order valence-electron chi connectivity index (χ1n) is 1.38. The van der Waals surface area contributed by atoms with Gasteiger partial charge in [0, 0.05) is 25.8 Å². The van der Waals surface area contributed by atoms with E-state index in [1.54, 1.807) is 0 Å². The molecule has 0 bridgehead atoms. The molecule has 55 valence electrons. The molecule has 0 rings (SSSR count). The second-order valence-electron chi connectivity index (χ2n) is 0.490. The number of hydrogen-bond donors (Lipinski definition) is 1. The summed E-state index contributed by atoms with van der Waals surface area (Å²) in [4.78, 5) is 28.9. The van der Waals surface area contributed by atoms with E-state index in [2.05, 4.69) is 4.84 Å². The van der Waals surface area contributed by atoms with Crippen LogP contribution >= 0.6 is 0 Å². The summed E-state index contributed by atoms with van der Waals surface area (Å²) in [7, 11) is 0. The molecule has 0 aliphatic rings. The van der Waals surface area contributed by atoms with Crippen molar-refractivity contribution in [2.75, 3.05) is 0 Å². The molecule has 0 spiro atoms. The first-order valence-corrected chi connectivity index (χ1v) is 1.38. The number of hydrogen-bond acceptors (Lipinski definition) is 5.